The molecule has 11 nitrogen and oxygen atoms in total. The van der Waals surface area contributed by atoms with E-state index < -0.39 is 42.0 Å². The first-order valence-corrected chi connectivity index (χ1v) is 14.8. The van der Waals surface area contributed by atoms with E-state index in [0.717, 1.165) is 16.5 Å². The lowest BCUT2D eigenvalue weighted by Crippen LogP contribution is -2.57. The summed E-state index contributed by atoms with van der Waals surface area (Å²) in [5.41, 5.74) is 13.6. The Balaban J connectivity index is 1.66. The molecule has 3 rings (SSSR count). The number of nitrogens with zero attached hydrogens (tertiary/aromatic N) is 1. The van der Waals surface area contributed by atoms with E-state index in [9.17, 15) is 24.3 Å². The lowest BCUT2D eigenvalue weighted by atomic mass is 10.0. The van der Waals surface area contributed by atoms with Gasteiger partial charge in [0.1, 0.15) is 18.1 Å². The van der Waals surface area contributed by atoms with Gasteiger partial charge in [-0.25, -0.2) is 4.79 Å². The van der Waals surface area contributed by atoms with Gasteiger partial charge in [-0.1, -0.05) is 18.2 Å². The minimum absolute atomic E-state index is 0.264. The molecule has 214 valence electrons. The number of carboxylic acid groups (broad SMARTS) is 1. The first kappa shape index (κ1) is 30.5. The summed E-state index contributed by atoms with van der Waals surface area (Å²) >= 11 is 1.55. The number of para-hydroxylation sites is 1. The topological polar surface area (TPSA) is 184 Å². The van der Waals surface area contributed by atoms with E-state index in [0.29, 0.717) is 57.4 Å². The van der Waals surface area contributed by atoms with E-state index in [1.165, 1.54) is 4.90 Å². The number of aromatic amines is 1. The number of H-pyrrole nitrogens is 1. The number of unbranched alkanes of at least 4 members (excludes halogenated alkanes) is 1. The summed E-state index contributed by atoms with van der Waals surface area (Å²) in [6.07, 6.45) is 6.96. The highest BCUT2D eigenvalue weighted by Gasteiger charge is 2.39. The zero-order valence-electron chi connectivity index (χ0n) is 22.4. The van der Waals surface area contributed by atoms with Crippen molar-refractivity contribution in [3.8, 4) is 0 Å². The molecule has 2 aromatic rings. The number of benzene rings is 1. The number of aromatic nitrogens is 1. The van der Waals surface area contributed by atoms with Crippen LogP contribution in [0, 0.1) is 0 Å². The van der Waals surface area contributed by atoms with Gasteiger partial charge in [-0.3, -0.25) is 14.4 Å². The zero-order chi connectivity index (χ0) is 28.4. The van der Waals surface area contributed by atoms with Crippen LogP contribution in [0.15, 0.2) is 30.5 Å². The predicted molar refractivity (Wildman–Crippen MR) is 152 cm³/mol. The first-order chi connectivity index (χ1) is 18.8. The molecule has 0 spiro atoms. The normalized spacial score (nSPS) is 17.5. The maximum absolute atomic E-state index is 13.6. The number of carboxylic acids is 1. The minimum Gasteiger partial charge on any atom is -0.480 e. The number of nitrogens with two attached hydrogens (primary N) is 2. The van der Waals surface area contributed by atoms with Crippen molar-refractivity contribution in [2.24, 2.45) is 11.5 Å². The Morgan fingerprint density at radius 2 is 1.92 bits per heavy atom. The van der Waals surface area contributed by atoms with Crippen LogP contribution in [0.2, 0.25) is 0 Å². The maximum Gasteiger partial charge on any atom is 0.326 e. The summed E-state index contributed by atoms with van der Waals surface area (Å²) < 4.78 is 0. The SMILES string of the molecule is CSCCC(NC(=O)C(N)Cc1c[nH]c2ccccc12)C(=O)N1CCCC1C(=O)NC(CCCCN)C(=O)O. The van der Waals surface area contributed by atoms with Crippen molar-refractivity contribution in [3.05, 3.63) is 36.0 Å². The molecule has 12 heteroatoms. The fraction of sp³-hybridized carbons (Fsp3) is 0.556. The molecule has 3 amide bonds. The van der Waals surface area contributed by atoms with Gasteiger partial charge in [0.15, 0.2) is 0 Å². The van der Waals surface area contributed by atoms with Crippen LogP contribution in [0.5, 0.6) is 0 Å². The van der Waals surface area contributed by atoms with Gasteiger partial charge in [-0.2, -0.15) is 11.8 Å². The molecule has 1 aromatic carbocycles. The summed E-state index contributed by atoms with van der Waals surface area (Å²) in [7, 11) is 0. The fourth-order valence-corrected chi connectivity index (χ4v) is 5.39. The number of hydrogen-bond acceptors (Lipinski definition) is 7. The number of rotatable bonds is 15. The summed E-state index contributed by atoms with van der Waals surface area (Å²) in [6, 6.07) is 4.21. The van der Waals surface area contributed by atoms with Crippen LogP contribution in [0.1, 0.15) is 44.1 Å². The van der Waals surface area contributed by atoms with Crippen molar-refractivity contribution in [2.45, 2.75) is 69.1 Å². The molecule has 0 aliphatic carbocycles. The third-order valence-electron chi connectivity index (χ3n) is 7.08. The molecule has 1 fully saturated rings. The summed E-state index contributed by atoms with van der Waals surface area (Å²) in [4.78, 5) is 56.0. The van der Waals surface area contributed by atoms with Crippen LogP contribution in [0.25, 0.3) is 10.9 Å². The van der Waals surface area contributed by atoms with Crippen molar-refractivity contribution in [2.75, 3.05) is 25.1 Å². The molecule has 39 heavy (non-hydrogen) atoms. The second kappa shape index (κ2) is 14.9. The highest BCUT2D eigenvalue weighted by molar-refractivity contribution is 7.98. The second-order valence-corrected chi connectivity index (χ2v) is 10.9. The highest BCUT2D eigenvalue weighted by atomic mass is 32.2. The number of carbonyl (C=O) groups excluding carboxylic acids is 3. The number of carbonyl (C=O) groups is 4. The van der Waals surface area contributed by atoms with Crippen LogP contribution >= 0.6 is 11.8 Å². The fourth-order valence-electron chi connectivity index (χ4n) is 4.92. The number of likely N-dealkylation sites (tertiary alicyclic amines) is 1. The average molecular weight is 561 g/mol. The first-order valence-electron chi connectivity index (χ1n) is 13.4. The number of hydrogen-bond donors (Lipinski definition) is 6. The molecular weight excluding hydrogens is 520 g/mol. The van der Waals surface area contributed by atoms with Crippen LogP contribution < -0.4 is 22.1 Å². The third kappa shape index (κ3) is 8.20. The lowest BCUT2D eigenvalue weighted by Gasteiger charge is -2.30. The van der Waals surface area contributed by atoms with Crippen molar-refractivity contribution < 1.29 is 24.3 Å². The number of nitrogens with one attached hydrogen (secondary N) is 3. The van der Waals surface area contributed by atoms with E-state index >= 15 is 0 Å². The molecule has 0 saturated carbocycles. The standard InChI is InChI=1S/C27H40N6O5S/c1-39-14-11-21(31-24(34)19(29)15-17-16-30-20-8-3-2-7-18(17)20)26(36)33-13-6-10-23(33)25(35)32-22(27(37)38)9-4-5-12-28/h2-3,7-8,16,19,21-23,30H,4-6,9-15,28-29H2,1H3,(H,31,34)(H,32,35)(H,37,38). The molecular formula is C27H40N6O5S. The summed E-state index contributed by atoms with van der Waals surface area (Å²) in [5, 5.41) is 15.9. The summed E-state index contributed by atoms with van der Waals surface area (Å²) in [6.45, 7) is 0.800. The molecule has 1 saturated heterocycles. The van der Waals surface area contributed by atoms with Crippen LogP contribution in [0.4, 0.5) is 0 Å². The predicted octanol–water partition coefficient (Wildman–Crippen LogP) is 0.965. The van der Waals surface area contributed by atoms with Gasteiger partial charge in [-0.05, 0) is 75.1 Å². The van der Waals surface area contributed by atoms with E-state index in [4.69, 9.17) is 11.5 Å². The van der Waals surface area contributed by atoms with E-state index in [2.05, 4.69) is 15.6 Å². The van der Waals surface area contributed by atoms with Gasteiger partial charge in [0, 0.05) is 23.6 Å². The highest BCUT2D eigenvalue weighted by Crippen LogP contribution is 2.21. The Hall–Kier alpha value is -3.09. The second-order valence-electron chi connectivity index (χ2n) is 9.89. The molecule has 0 radical (unpaired) electrons. The van der Waals surface area contributed by atoms with Gasteiger partial charge in [0.2, 0.25) is 17.7 Å². The molecule has 1 aliphatic rings. The molecule has 1 aromatic heterocycles. The smallest absolute Gasteiger partial charge is 0.326 e. The quantitative estimate of drug-likeness (QED) is 0.174. The molecule has 4 unspecified atom stereocenters. The Morgan fingerprint density at radius 3 is 2.64 bits per heavy atom. The van der Waals surface area contributed by atoms with E-state index in [1.54, 1.807) is 11.8 Å². The van der Waals surface area contributed by atoms with Gasteiger partial charge >= 0.3 is 5.97 Å². The molecule has 4 atom stereocenters. The Morgan fingerprint density at radius 1 is 1.15 bits per heavy atom. The average Bonchev–Trinajstić information content (AvgIpc) is 3.57. The zero-order valence-corrected chi connectivity index (χ0v) is 23.2. The van der Waals surface area contributed by atoms with Gasteiger partial charge in [-0.15, -0.1) is 0 Å². The molecule has 8 N–H and O–H groups in total. The summed E-state index contributed by atoms with van der Waals surface area (Å²) in [5.74, 6) is -1.78. The van der Waals surface area contributed by atoms with Crippen molar-refractivity contribution in [3.63, 3.8) is 0 Å². The van der Waals surface area contributed by atoms with Gasteiger partial charge in [0.05, 0.1) is 6.04 Å². The monoisotopic (exact) mass is 560 g/mol. The van der Waals surface area contributed by atoms with E-state index in [-0.39, 0.29) is 12.3 Å². The number of aliphatic carboxylic acids is 1. The number of thioether (sulfide) groups is 1. The largest absolute Gasteiger partial charge is 0.480 e. The van der Waals surface area contributed by atoms with Gasteiger partial charge < -0.3 is 37.1 Å². The van der Waals surface area contributed by atoms with Crippen LogP contribution in [0.3, 0.4) is 0 Å². The Kier molecular flexibility index (Phi) is 11.6. The number of fused-ring (bicyclic) bond motifs is 1. The number of amides is 3. The molecule has 1 aliphatic heterocycles. The van der Waals surface area contributed by atoms with Crippen LogP contribution in [-0.2, 0) is 25.6 Å². The molecule has 0 bridgehead atoms. The third-order valence-corrected chi connectivity index (χ3v) is 7.72. The van der Waals surface area contributed by atoms with Crippen molar-refractivity contribution >= 4 is 46.4 Å². The van der Waals surface area contributed by atoms with Crippen molar-refractivity contribution in [1.82, 2.24) is 20.5 Å². The van der Waals surface area contributed by atoms with Gasteiger partial charge in [0.25, 0.3) is 0 Å². The molecule has 2 heterocycles. The Bertz CT molecular complexity index is 1140. The Labute approximate surface area is 232 Å². The van der Waals surface area contributed by atoms with E-state index in [1.807, 2.05) is 36.7 Å². The van der Waals surface area contributed by atoms with Crippen molar-refractivity contribution in [1.29, 1.82) is 0 Å². The lowest BCUT2D eigenvalue weighted by molar-refractivity contribution is -0.145. The maximum atomic E-state index is 13.6. The van der Waals surface area contributed by atoms with Crippen LogP contribution in [-0.4, -0.2) is 87.9 Å². The minimum atomic E-state index is -1.12.